The van der Waals surface area contributed by atoms with Crippen molar-refractivity contribution in [3.05, 3.63) is 24.0 Å². The fourth-order valence-corrected chi connectivity index (χ4v) is 3.08. The van der Waals surface area contributed by atoms with Gasteiger partial charge in [-0.05, 0) is 50.0 Å². The number of nitrogens with zero attached hydrogens (tertiary/aromatic N) is 2. The van der Waals surface area contributed by atoms with Crippen molar-refractivity contribution in [2.75, 3.05) is 17.7 Å². The van der Waals surface area contributed by atoms with E-state index in [2.05, 4.69) is 15.8 Å². The van der Waals surface area contributed by atoms with E-state index in [1.807, 2.05) is 30.0 Å². The van der Waals surface area contributed by atoms with Gasteiger partial charge in [-0.15, -0.1) is 0 Å². The number of nitrogens with two attached hydrogens (primary N) is 1. The van der Waals surface area contributed by atoms with Gasteiger partial charge >= 0.3 is 0 Å². The Bertz CT molecular complexity index is 580. The molecule has 0 saturated carbocycles. The third-order valence-electron chi connectivity index (χ3n) is 3.66. The van der Waals surface area contributed by atoms with Gasteiger partial charge in [-0.25, -0.2) is 4.98 Å². The zero-order valence-electron chi connectivity index (χ0n) is 12.9. The molecular formula is C16H25N3OS. The minimum atomic E-state index is -0.560. The van der Waals surface area contributed by atoms with Gasteiger partial charge in [0, 0.05) is 12.2 Å². The minimum Gasteiger partial charge on any atom is -0.399 e. The number of hydrogen-bond acceptors (Lipinski definition) is 4. The second-order valence-corrected chi connectivity index (χ2v) is 6.44. The number of aromatic nitrogens is 2. The number of anilines is 1. The molecule has 0 aliphatic rings. The Morgan fingerprint density at radius 1 is 1.29 bits per heavy atom. The summed E-state index contributed by atoms with van der Waals surface area (Å²) in [6.07, 6.45) is 6.47. The first kappa shape index (κ1) is 16.2. The SMILES string of the molecule is CSCCCCCCn1c(C(C)O)nc2cc(N)ccc21. The van der Waals surface area contributed by atoms with Crippen molar-refractivity contribution in [2.24, 2.45) is 0 Å². The van der Waals surface area contributed by atoms with E-state index in [4.69, 9.17) is 5.73 Å². The average molecular weight is 307 g/mol. The highest BCUT2D eigenvalue weighted by Crippen LogP contribution is 2.23. The third-order valence-corrected chi connectivity index (χ3v) is 4.35. The van der Waals surface area contributed by atoms with E-state index in [0.717, 1.165) is 29.8 Å². The van der Waals surface area contributed by atoms with Crippen molar-refractivity contribution in [3.8, 4) is 0 Å². The molecule has 0 aliphatic heterocycles. The van der Waals surface area contributed by atoms with Crippen LogP contribution in [0.4, 0.5) is 5.69 Å². The van der Waals surface area contributed by atoms with Gasteiger partial charge in [0.2, 0.25) is 0 Å². The van der Waals surface area contributed by atoms with Crippen LogP contribution in [0.2, 0.25) is 0 Å². The zero-order chi connectivity index (χ0) is 15.2. The number of fused-ring (bicyclic) bond motifs is 1. The van der Waals surface area contributed by atoms with Gasteiger partial charge in [-0.2, -0.15) is 11.8 Å². The predicted octanol–water partition coefficient (Wildman–Crippen LogP) is 3.60. The Morgan fingerprint density at radius 3 is 2.76 bits per heavy atom. The van der Waals surface area contributed by atoms with Crippen molar-refractivity contribution in [2.45, 2.75) is 45.3 Å². The monoisotopic (exact) mass is 307 g/mol. The normalized spacial score (nSPS) is 12.9. The molecule has 116 valence electrons. The molecule has 0 aliphatic carbocycles. The molecular weight excluding hydrogens is 282 g/mol. The summed E-state index contributed by atoms with van der Waals surface area (Å²) in [4.78, 5) is 4.53. The van der Waals surface area contributed by atoms with Crippen LogP contribution < -0.4 is 5.73 Å². The van der Waals surface area contributed by atoms with E-state index < -0.39 is 6.10 Å². The summed E-state index contributed by atoms with van der Waals surface area (Å²) < 4.78 is 2.13. The first-order valence-electron chi connectivity index (χ1n) is 7.56. The second kappa shape index (κ2) is 7.71. The van der Waals surface area contributed by atoms with Crippen LogP contribution in [0.3, 0.4) is 0 Å². The maximum absolute atomic E-state index is 9.93. The van der Waals surface area contributed by atoms with Crippen molar-refractivity contribution < 1.29 is 5.11 Å². The molecule has 5 heteroatoms. The number of imidazole rings is 1. The van der Waals surface area contributed by atoms with Crippen LogP contribution in [0, 0.1) is 0 Å². The molecule has 2 aromatic rings. The van der Waals surface area contributed by atoms with Crippen LogP contribution in [-0.2, 0) is 6.54 Å². The largest absolute Gasteiger partial charge is 0.399 e. The fourth-order valence-electron chi connectivity index (χ4n) is 2.59. The average Bonchev–Trinajstić information content (AvgIpc) is 2.80. The molecule has 0 saturated heterocycles. The molecule has 0 spiro atoms. The highest BCUT2D eigenvalue weighted by Gasteiger charge is 2.14. The maximum atomic E-state index is 9.93. The number of benzene rings is 1. The molecule has 0 radical (unpaired) electrons. The third kappa shape index (κ3) is 4.14. The molecule has 3 N–H and O–H groups in total. The summed E-state index contributed by atoms with van der Waals surface area (Å²) in [5, 5.41) is 9.93. The van der Waals surface area contributed by atoms with E-state index in [1.54, 1.807) is 6.92 Å². The van der Waals surface area contributed by atoms with Crippen LogP contribution >= 0.6 is 11.8 Å². The van der Waals surface area contributed by atoms with Crippen LogP contribution in [0.1, 0.15) is 44.5 Å². The molecule has 0 bridgehead atoms. The van der Waals surface area contributed by atoms with Gasteiger partial charge in [0.25, 0.3) is 0 Å². The van der Waals surface area contributed by atoms with E-state index in [0.29, 0.717) is 5.69 Å². The van der Waals surface area contributed by atoms with Crippen LogP contribution in [0.25, 0.3) is 11.0 Å². The second-order valence-electron chi connectivity index (χ2n) is 5.45. The zero-order valence-corrected chi connectivity index (χ0v) is 13.7. The number of unbranched alkanes of at least 4 members (excludes halogenated alkanes) is 3. The van der Waals surface area contributed by atoms with Crippen molar-refractivity contribution in [1.82, 2.24) is 9.55 Å². The Kier molecular flexibility index (Phi) is 5.94. The summed E-state index contributed by atoms with van der Waals surface area (Å²) >= 11 is 1.91. The lowest BCUT2D eigenvalue weighted by Gasteiger charge is -2.11. The Labute approximate surface area is 130 Å². The highest BCUT2D eigenvalue weighted by molar-refractivity contribution is 7.98. The van der Waals surface area contributed by atoms with Gasteiger partial charge in [-0.1, -0.05) is 12.8 Å². The number of aliphatic hydroxyl groups excluding tert-OH is 1. The van der Waals surface area contributed by atoms with Crippen molar-refractivity contribution in [1.29, 1.82) is 0 Å². The number of thioether (sulfide) groups is 1. The van der Waals surface area contributed by atoms with Crippen LogP contribution in [0.15, 0.2) is 18.2 Å². The molecule has 1 aromatic heterocycles. The lowest BCUT2D eigenvalue weighted by atomic mass is 10.2. The summed E-state index contributed by atoms with van der Waals surface area (Å²) in [7, 11) is 0. The number of rotatable bonds is 8. The van der Waals surface area contributed by atoms with Crippen molar-refractivity contribution >= 4 is 28.5 Å². The summed E-state index contributed by atoms with van der Waals surface area (Å²) in [5.41, 5.74) is 8.45. The smallest absolute Gasteiger partial charge is 0.138 e. The molecule has 0 fully saturated rings. The fraction of sp³-hybridized carbons (Fsp3) is 0.562. The minimum absolute atomic E-state index is 0.560. The predicted molar refractivity (Wildman–Crippen MR) is 91.6 cm³/mol. The number of hydrogen-bond donors (Lipinski definition) is 2. The first-order valence-corrected chi connectivity index (χ1v) is 8.95. The molecule has 1 aromatic carbocycles. The Balaban J connectivity index is 2.08. The van der Waals surface area contributed by atoms with Crippen LogP contribution in [0.5, 0.6) is 0 Å². The van der Waals surface area contributed by atoms with Gasteiger partial charge in [0.1, 0.15) is 11.9 Å². The molecule has 0 amide bonds. The first-order chi connectivity index (χ1) is 10.1. The van der Waals surface area contributed by atoms with Crippen molar-refractivity contribution in [3.63, 3.8) is 0 Å². The number of aryl methyl sites for hydroxylation is 1. The summed E-state index contributed by atoms with van der Waals surface area (Å²) in [6, 6.07) is 5.76. The molecule has 1 heterocycles. The summed E-state index contributed by atoms with van der Waals surface area (Å²) in [6.45, 7) is 2.67. The molecule has 1 unspecified atom stereocenters. The van der Waals surface area contributed by atoms with E-state index >= 15 is 0 Å². The van der Waals surface area contributed by atoms with Crippen LogP contribution in [-0.4, -0.2) is 26.7 Å². The molecule has 21 heavy (non-hydrogen) atoms. The number of nitrogen functional groups attached to an aromatic ring is 1. The topological polar surface area (TPSA) is 64.1 Å². The molecule has 4 nitrogen and oxygen atoms in total. The van der Waals surface area contributed by atoms with E-state index in [9.17, 15) is 5.11 Å². The lowest BCUT2D eigenvalue weighted by Crippen LogP contribution is -2.07. The quantitative estimate of drug-likeness (QED) is 0.578. The van der Waals surface area contributed by atoms with Gasteiger partial charge in [-0.3, -0.25) is 0 Å². The molecule has 1 atom stereocenters. The van der Waals surface area contributed by atoms with E-state index in [1.165, 1.54) is 25.0 Å². The highest BCUT2D eigenvalue weighted by atomic mass is 32.2. The summed E-state index contributed by atoms with van der Waals surface area (Å²) in [5.74, 6) is 1.98. The standard InChI is InChI=1S/C16H25N3OS/c1-12(20)16-18-14-11-13(17)7-8-15(14)19(16)9-5-3-4-6-10-21-2/h7-8,11-12,20H,3-6,9-10,17H2,1-2H3. The van der Waals surface area contributed by atoms with E-state index in [-0.39, 0.29) is 0 Å². The van der Waals surface area contributed by atoms with Gasteiger partial charge < -0.3 is 15.4 Å². The Morgan fingerprint density at radius 2 is 2.05 bits per heavy atom. The van der Waals surface area contributed by atoms with Gasteiger partial charge in [0.05, 0.1) is 11.0 Å². The Hall–Kier alpha value is -1.20. The lowest BCUT2D eigenvalue weighted by molar-refractivity contribution is 0.184. The van der Waals surface area contributed by atoms with Gasteiger partial charge in [0.15, 0.2) is 0 Å². The number of aliphatic hydroxyl groups is 1. The maximum Gasteiger partial charge on any atom is 0.138 e. The molecule has 2 rings (SSSR count).